The lowest BCUT2D eigenvalue weighted by Gasteiger charge is -2.07. The van der Waals surface area contributed by atoms with Gasteiger partial charge in [0, 0.05) is 17.1 Å². The van der Waals surface area contributed by atoms with E-state index in [2.05, 4.69) is 18.0 Å². The van der Waals surface area contributed by atoms with Crippen LogP contribution in [-0.4, -0.2) is 4.98 Å². The summed E-state index contributed by atoms with van der Waals surface area (Å²) in [5.74, 6) is 0.599. The Balaban J connectivity index is 2.25. The van der Waals surface area contributed by atoms with Crippen LogP contribution in [0.2, 0.25) is 0 Å². The molecule has 2 nitrogen and oxygen atoms in total. The highest BCUT2D eigenvalue weighted by molar-refractivity contribution is 5.81. The molecule has 1 aromatic carbocycles. The van der Waals surface area contributed by atoms with E-state index in [4.69, 9.17) is 0 Å². The van der Waals surface area contributed by atoms with E-state index in [0.717, 1.165) is 29.4 Å². The molecule has 0 aliphatic heterocycles. The van der Waals surface area contributed by atoms with Crippen LogP contribution in [0, 0.1) is 0 Å². The van der Waals surface area contributed by atoms with Crippen LogP contribution in [0.5, 0.6) is 0 Å². The monoisotopic (exact) mass is 227 g/mol. The van der Waals surface area contributed by atoms with E-state index < -0.39 is 0 Å². The molecule has 0 amide bonds. The largest absolute Gasteiger partial charge is 0.358 e. The molecule has 17 heavy (non-hydrogen) atoms. The van der Waals surface area contributed by atoms with Crippen LogP contribution in [0.4, 0.5) is 0 Å². The number of rotatable bonds is 3. The number of nitrogens with one attached hydrogen (secondary N) is 1. The summed E-state index contributed by atoms with van der Waals surface area (Å²) in [5.41, 5.74) is 3.62. The molecular formula is C15H17NO. The number of hydrogen-bond donors (Lipinski definition) is 1. The number of fused-ring (bicyclic) bond motifs is 1. The van der Waals surface area contributed by atoms with Crippen LogP contribution in [-0.2, 0) is 6.42 Å². The minimum Gasteiger partial charge on any atom is -0.358 e. The lowest BCUT2D eigenvalue weighted by Crippen LogP contribution is -2.06. The molecule has 1 saturated carbocycles. The first kappa shape index (κ1) is 10.6. The van der Waals surface area contributed by atoms with Gasteiger partial charge < -0.3 is 4.98 Å². The van der Waals surface area contributed by atoms with Crippen molar-refractivity contribution in [2.75, 3.05) is 0 Å². The van der Waals surface area contributed by atoms with Gasteiger partial charge in [-0.3, -0.25) is 4.79 Å². The number of hydrogen-bond acceptors (Lipinski definition) is 1. The highest BCUT2D eigenvalue weighted by Gasteiger charge is 2.25. The Morgan fingerprint density at radius 3 is 2.88 bits per heavy atom. The fourth-order valence-corrected chi connectivity index (χ4v) is 2.44. The van der Waals surface area contributed by atoms with Gasteiger partial charge in [0.2, 0.25) is 0 Å². The number of para-hydroxylation sites is 1. The third-order valence-electron chi connectivity index (χ3n) is 3.51. The zero-order valence-electron chi connectivity index (χ0n) is 10.1. The van der Waals surface area contributed by atoms with Crippen LogP contribution < -0.4 is 5.43 Å². The summed E-state index contributed by atoms with van der Waals surface area (Å²) in [4.78, 5) is 15.6. The molecule has 0 spiro atoms. The van der Waals surface area contributed by atoms with E-state index in [1.165, 1.54) is 18.4 Å². The highest BCUT2D eigenvalue weighted by Crippen LogP contribution is 2.39. The second-order valence-corrected chi connectivity index (χ2v) is 4.95. The van der Waals surface area contributed by atoms with Crippen molar-refractivity contribution in [3.8, 4) is 0 Å². The van der Waals surface area contributed by atoms with Crippen LogP contribution in [0.25, 0.3) is 10.9 Å². The summed E-state index contributed by atoms with van der Waals surface area (Å²) in [6.07, 6.45) is 4.57. The number of H-pyrrole nitrogens is 1. The standard InChI is InChI=1S/C15H17NO/c1-2-4-11-5-3-6-12-14(17)9-13(10-7-8-10)16-15(11)12/h3,5-6,9-10H,2,4,7-8H2,1H3,(H,16,17). The summed E-state index contributed by atoms with van der Waals surface area (Å²) < 4.78 is 0. The first-order valence-electron chi connectivity index (χ1n) is 6.44. The van der Waals surface area contributed by atoms with Gasteiger partial charge in [0.05, 0.1) is 5.52 Å². The van der Waals surface area contributed by atoms with Gasteiger partial charge in [0.1, 0.15) is 0 Å². The number of pyridine rings is 1. The van der Waals surface area contributed by atoms with Gasteiger partial charge in [0.15, 0.2) is 5.43 Å². The minimum absolute atomic E-state index is 0.165. The Morgan fingerprint density at radius 2 is 2.18 bits per heavy atom. The minimum atomic E-state index is 0.165. The van der Waals surface area contributed by atoms with Gasteiger partial charge in [-0.25, -0.2) is 0 Å². The summed E-state index contributed by atoms with van der Waals surface area (Å²) in [6, 6.07) is 7.82. The van der Waals surface area contributed by atoms with Gasteiger partial charge in [-0.15, -0.1) is 0 Å². The van der Waals surface area contributed by atoms with Crippen LogP contribution >= 0.6 is 0 Å². The first-order valence-corrected chi connectivity index (χ1v) is 6.44. The highest BCUT2D eigenvalue weighted by atomic mass is 16.1. The predicted octanol–water partition coefficient (Wildman–Crippen LogP) is 3.36. The number of aryl methyl sites for hydroxylation is 1. The molecule has 1 heterocycles. The zero-order valence-corrected chi connectivity index (χ0v) is 10.1. The topological polar surface area (TPSA) is 32.9 Å². The van der Waals surface area contributed by atoms with E-state index in [9.17, 15) is 4.79 Å². The summed E-state index contributed by atoms with van der Waals surface area (Å²) in [5, 5.41) is 0.834. The molecule has 3 rings (SSSR count). The molecule has 2 aromatic rings. The molecule has 1 N–H and O–H groups in total. The SMILES string of the molecule is CCCc1cccc2c(=O)cc(C3CC3)[nH]c12. The van der Waals surface area contributed by atoms with Gasteiger partial charge >= 0.3 is 0 Å². The fourth-order valence-electron chi connectivity index (χ4n) is 2.44. The molecule has 0 bridgehead atoms. The van der Waals surface area contributed by atoms with Crippen molar-refractivity contribution in [1.29, 1.82) is 0 Å². The zero-order chi connectivity index (χ0) is 11.8. The third kappa shape index (κ3) is 1.88. The molecule has 1 aromatic heterocycles. The Labute approximate surface area is 101 Å². The number of aromatic amines is 1. The Bertz CT molecular complexity index is 608. The Kier molecular flexibility index (Phi) is 2.50. The van der Waals surface area contributed by atoms with E-state index in [-0.39, 0.29) is 5.43 Å². The predicted molar refractivity (Wildman–Crippen MR) is 70.5 cm³/mol. The molecular weight excluding hydrogens is 210 g/mol. The van der Waals surface area contributed by atoms with E-state index in [1.54, 1.807) is 6.07 Å². The normalized spacial score (nSPS) is 15.4. The summed E-state index contributed by atoms with van der Waals surface area (Å²) in [6.45, 7) is 2.17. The van der Waals surface area contributed by atoms with Gasteiger partial charge in [0.25, 0.3) is 0 Å². The molecule has 1 aliphatic rings. The lowest BCUT2D eigenvalue weighted by atomic mass is 10.0. The van der Waals surface area contributed by atoms with Gasteiger partial charge in [-0.1, -0.05) is 25.5 Å². The van der Waals surface area contributed by atoms with Crippen molar-refractivity contribution < 1.29 is 0 Å². The molecule has 0 atom stereocenters. The maximum absolute atomic E-state index is 12.1. The fraction of sp³-hybridized carbons (Fsp3) is 0.400. The smallest absolute Gasteiger partial charge is 0.189 e. The molecule has 0 saturated heterocycles. The van der Waals surface area contributed by atoms with E-state index in [1.807, 2.05) is 12.1 Å². The van der Waals surface area contributed by atoms with Crippen molar-refractivity contribution in [2.45, 2.75) is 38.5 Å². The van der Waals surface area contributed by atoms with E-state index in [0.29, 0.717) is 5.92 Å². The van der Waals surface area contributed by atoms with Crippen molar-refractivity contribution in [3.63, 3.8) is 0 Å². The summed E-state index contributed by atoms with van der Waals surface area (Å²) >= 11 is 0. The number of benzene rings is 1. The number of aromatic nitrogens is 1. The van der Waals surface area contributed by atoms with Gasteiger partial charge in [-0.05, 0) is 36.8 Å². The van der Waals surface area contributed by atoms with Crippen molar-refractivity contribution >= 4 is 10.9 Å². The van der Waals surface area contributed by atoms with Crippen molar-refractivity contribution in [2.24, 2.45) is 0 Å². The van der Waals surface area contributed by atoms with Crippen molar-refractivity contribution in [3.05, 3.63) is 45.7 Å². The molecule has 2 heteroatoms. The molecule has 0 radical (unpaired) electrons. The van der Waals surface area contributed by atoms with Crippen molar-refractivity contribution in [1.82, 2.24) is 4.98 Å². The van der Waals surface area contributed by atoms with Crippen LogP contribution in [0.1, 0.15) is 43.4 Å². The maximum atomic E-state index is 12.1. The lowest BCUT2D eigenvalue weighted by molar-refractivity contribution is 0.922. The summed E-state index contributed by atoms with van der Waals surface area (Å²) in [7, 11) is 0. The van der Waals surface area contributed by atoms with Crippen LogP contribution in [0.15, 0.2) is 29.1 Å². The second kappa shape index (κ2) is 4.02. The quantitative estimate of drug-likeness (QED) is 0.856. The molecule has 1 aliphatic carbocycles. The van der Waals surface area contributed by atoms with Crippen LogP contribution in [0.3, 0.4) is 0 Å². The second-order valence-electron chi connectivity index (χ2n) is 4.95. The third-order valence-corrected chi connectivity index (χ3v) is 3.51. The Morgan fingerprint density at radius 1 is 1.35 bits per heavy atom. The molecule has 1 fully saturated rings. The first-order chi connectivity index (χ1) is 8.29. The molecule has 88 valence electrons. The van der Waals surface area contributed by atoms with E-state index >= 15 is 0 Å². The average molecular weight is 227 g/mol. The average Bonchev–Trinajstić information content (AvgIpc) is 3.14. The molecule has 0 unspecified atom stereocenters. The maximum Gasteiger partial charge on any atom is 0.189 e. The van der Waals surface area contributed by atoms with Gasteiger partial charge in [-0.2, -0.15) is 0 Å². The Hall–Kier alpha value is -1.57.